The van der Waals surface area contributed by atoms with Gasteiger partial charge in [-0.3, -0.25) is 0 Å². The van der Waals surface area contributed by atoms with E-state index >= 15 is 0 Å². The molecule has 3 nitrogen and oxygen atoms in total. The van der Waals surface area contributed by atoms with E-state index in [-0.39, 0.29) is 5.28 Å². The lowest BCUT2D eigenvalue weighted by molar-refractivity contribution is 0.460. The van der Waals surface area contributed by atoms with E-state index in [1.807, 2.05) is 32.9 Å². The Hall–Kier alpha value is -1.13. The molecular formula is C13H12BrClN2O. The third-order valence-electron chi connectivity index (χ3n) is 2.44. The average molecular weight is 328 g/mol. The molecule has 0 aliphatic heterocycles. The zero-order valence-corrected chi connectivity index (χ0v) is 12.6. The Kier molecular flexibility index (Phi) is 3.88. The van der Waals surface area contributed by atoms with Crippen molar-refractivity contribution < 1.29 is 4.74 Å². The molecule has 0 bridgehead atoms. The molecule has 0 N–H and O–H groups in total. The molecule has 0 saturated carbocycles. The second kappa shape index (κ2) is 5.24. The van der Waals surface area contributed by atoms with Crippen molar-refractivity contribution in [3.05, 3.63) is 44.8 Å². The Bertz CT molecular complexity index is 558. The topological polar surface area (TPSA) is 35.0 Å². The third kappa shape index (κ3) is 3.00. The van der Waals surface area contributed by atoms with Crippen LogP contribution in [0.1, 0.15) is 16.8 Å². The van der Waals surface area contributed by atoms with Gasteiger partial charge in [-0.25, -0.2) is 4.98 Å². The van der Waals surface area contributed by atoms with Gasteiger partial charge in [0.25, 0.3) is 0 Å². The van der Waals surface area contributed by atoms with Crippen LogP contribution in [0.15, 0.2) is 22.7 Å². The molecule has 0 radical (unpaired) electrons. The highest BCUT2D eigenvalue weighted by molar-refractivity contribution is 9.10. The van der Waals surface area contributed by atoms with E-state index in [0.717, 1.165) is 27.0 Å². The first-order chi connectivity index (χ1) is 8.45. The number of rotatable bonds is 2. The summed E-state index contributed by atoms with van der Waals surface area (Å²) < 4.78 is 6.79. The molecule has 1 aromatic carbocycles. The molecule has 1 aromatic heterocycles. The highest BCUT2D eigenvalue weighted by Crippen LogP contribution is 2.29. The van der Waals surface area contributed by atoms with Gasteiger partial charge >= 0.3 is 0 Å². The normalized spacial score (nSPS) is 10.5. The van der Waals surface area contributed by atoms with E-state index in [1.54, 1.807) is 6.07 Å². The van der Waals surface area contributed by atoms with E-state index < -0.39 is 0 Å². The summed E-state index contributed by atoms with van der Waals surface area (Å²) in [6.45, 7) is 5.88. The number of aryl methyl sites for hydroxylation is 3. The molecule has 0 saturated heterocycles. The van der Waals surface area contributed by atoms with Crippen molar-refractivity contribution in [1.29, 1.82) is 0 Å². The number of hydrogen-bond acceptors (Lipinski definition) is 3. The molecule has 94 valence electrons. The molecule has 1 heterocycles. The lowest BCUT2D eigenvalue weighted by Crippen LogP contribution is -1.94. The van der Waals surface area contributed by atoms with Crippen molar-refractivity contribution in [2.75, 3.05) is 0 Å². The van der Waals surface area contributed by atoms with Crippen molar-refractivity contribution in [1.82, 2.24) is 9.97 Å². The summed E-state index contributed by atoms with van der Waals surface area (Å²) in [7, 11) is 0. The molecule has 5 heteroatoms. The van der Waals surface area contributed by atoms with Gasteiger partial charge < -0.3 is 4.74 Å². The fourth-order valence-electron chi connectivity index (χ4n) is 1.64. The highest BCUT2D eigenvalue weighted by atomic mass is 79.9. The number of hydrogen-bond donors (Lipinski definition) is 0. The Morgan fingerprint density at radius 3 is 2.22 bits per heavy atom. The van der Waals surface area contributed by atoms with Gasteiger partial charge in [0.15, 0.2) is 0 Å². The molecule has 0 fully saturated rings. The Labute approximate surface area is 119 Å². The van der Waals surface area contributed by atoms with Crippen LogP contribution in [0.4, 0.5) is 0 Å². The minimum Gasteiger partial charge on any atom is -0.439 e. The summed E-state index contributed by atoms with van der Waals surface area (Å²) >= 11 is 9.31. The van der Waals surface area contributed by atoms with Crippen LogP contribution in [0, 0.1) is 20.8 Å². The lowest BCUT2D eigenvalue weighted by atomic mass is 10.1. The monoisotopic (exact) mass is 326 g/mol. The van der Waals surface area contributed by atoms with Gasteiger partial charge in [0, 0.05) is 16.2 Å². The van der Waals surface area contributed by atoms with Gasteiger partial charge in [0.1, 0.15) is 5.75 Å². The van der Waals surface area contributed by atoms with E-state index in [0.29, 0.717) is 5.88 Å². The van der Waals surface area contributed by atoms with Crippen LogP contribution in [0.25, 0.3) is 0 Å². The van der Waals surface area contributed by atoms with Crippen LogP contribution in [0.3, 0.4) is 0 Å². The van der Waals surface area contributed by atoms with E-state index in [9.17, 15) is 0 Å². The molecule has 0 aliphatic rings. The molecule has 0 atom stereocenters. The van der Waals surface area contributed by atoms with Crippen LogP contribution >= 0.6 is 27.5 Å². The molecule has 2 aromatic rings. The first kappa shape index (κ1) is 13.3. The predicted molar refractivity (Wildman–Crippen MR) is 75.5 cm³/mol. The predicted octanol–water partition coefficient (Wildman–Crippen LogP) is 4.61. The molecule has 0 unspecified atom stereocenters. The second-order valence-corrected chi connectivity index (χ2v) is 5.22. The van der Waals surface area contributed by atoms with Crippen molar-refractivity contribution in [2.45, 2.75) is 20.8 Å². The Morgan fingerprint density at radius 2 is 1.67 bits per heavy atom. The van der Waals surface area contributed by atoms with Crippen molar-refractivity contribution >= 4 is 27.5 Å². The molecule has 2 rings (SSSR count). The Morgan fingerprint density at radius 1 is 1.06 bits per heavy atom. The second-order valence-electron chi connectivity index (χ2n) is 4.09. The standard InChI is InChI=1S/C13H12BrClN2O/c1-7-4-10(5-8(2)12(7)14)18-11-6-9(3)16-13(15)17-11/h4-6H,1-3H3. The van der Waals surface area contributed by atoms with Crippen LogP contribution in [-0.4, -0.2) is 9.97 Å². The van der Waals surface area contributed by atoms with Crippen molar-refractivity contribution in [3.63, 3.8) is 0 Å². The molecule has 0 amide bonds. The molecule has 18 heavy (non-hydrogen) atoms. The first-order valence-electron chi connectivity index (χ1n) is 5.41. The number of halogens is 2. The molecular weight excluding hydrogens is 316 g/mol. The lowest BCUT2D eigenvalue weighted by Gasteiger charge is -2.09. The zero-order valence-electron chi connectivity index (χ0n) is 10.3. The summed E-state index contributed by atoms with van der Waals surface area (Å²) in [4.78, 5) is 8.02. The third-order valence-corrected chi connectivity index (χ3v) is 3.86. The maximum atomic E-state index is 5.79. The van der Waals surface area contributed by atoms with E-state index in [4.69, 9.17) is 16.3 Å². The maximum Gasteiger partial charge on any atom is 0.225 e. The quantitative estimate of drug-likeness (QED) is 0.756. The van der Waals surface area contributed by atoms with Gasteiger partial charge in [0.05, 0.1) is 0 Å². The van der Waals surface area contributed by atoms with Crippen molar-refractivity contribution in [2.24, 2.45) is 0 Å². The summed E-state index contributed by atoms with van der Waals surface area (Å²) in [5, 5.41) is 0.190. The van der Waals surface area contributed by atoms with Crippen LogP contribution < -0.4 is 4.74 Å². The zero-order chi connectivity index (χ0) is 13.3. The van der Waals surface area contributed by atoms with Gasteiger partial charge in [-0.2, -0.15) is 4.98 Å². The van der Waals surface area contributed by atoms with Gasteiger partial charge in [-0.1, -0.05) is 15.9 Å². The summed E-state index contributed by atoms with van der Waals surface area (Å²) in [6.07, 6.45) is 0. The molecule has 0 aliphatic carbocycles. The van der Waals surface area contributed by atoms with Crippen LogP contribution in [0.2, 0.25) is 5.28 Å². The Balaban J connectivity index is 2.34. The van der Waals surface area contributed by atoms with Crippen molar-refractivity contribution in [3.8, 4) is 11.6 Å². The smallest absolute Gasteiger partial charge is 0.225 e. The average Bonchev–Trinajstić information content (AvgIpc) is 2.24. The minimum absolute atomic E-state index is 0.190. The van der Waals surface area contributed by atoms with Gasteiger partial charge in [-0.05, 0) is 55.6 Å². The number of ether oxygens (including phenoxy) is 1. The van der Waals surface area contributed by atoms with Crippen LogP contribution in [-0.2, 0) is 0 Å². The first-order valence-corrected chi connectivity index (χ1v) is 6.58. The number of benzene rings is 1. The van der Waals surface area contributed by atoms with Crippen LogP contribution in [0.5, 0.6) is 11.6 Å². The van der Waals surface area contributed by atoms with E-state index in [2.05, 4.69) is 25.9 Å². The maximum absolute atomic E-state index is 5.79. The largest absolute Gasteiger partial charge is 0.439 e. The summed E-state index contributed by atoms with van der Waals surface area (Å²) in [5.41, 5.74) is 3.00. The SMILES string of the molecule is Cc1cc(Oc2cc(C)c(Br)c(C)c2)nc(Cl)n1. The summed E-state index contributed by atoms with van der Waals surface area (Å²) in [6, 6.07) is 5.64. The highest BCUT2D eigenvalue weighted by Gasteiger charge is 2.06. The van der Waals surface area contributed by atoms with E-state index in [1.165, 1.54) is 0 Å². The van der Waals surface area contributed by atoms with Gasteiger partial charge in [0.2, 0.25) is 11.2 Å². The van der Waals surface area contributed by atoms with Gasteiger partial charge in [-0.15, -0.1) is 0 Å². The number of aromatic nitrogens is 2. The molecule has 0 spiro atoms. The minimum atomic E-state index is 0.190. The summed E-state index contributed by atoms with van der Waals surface area (Å²) in [5.74, 6) is 1.19. The number of nitrogens with zero attached hydrogens (tertiary/aromatic N) is 2. The fourth-order valence-corrected chi connectivity index (χ4v) is 2.09. The fraction of sp³-hybridized carbons (Fsp3) is 0.231.